The first-order chi connectivity index (χ1) is 40.6. The highest BCUT2D eigenvalue weighted by Gasteiger charge is 2.44. The summed E-state index contributed by atoms with van der Waals surface area (Å²) in [7, 11) is 6.10. The average Bonchev–Trinajstić information content (AvgIpc) is 2.88. The van der Waals surface area contributed by atoms with E-state index in [1.165, 1.54) is 26.2 Å². The van der Waals surface area contributed by atoms with Crippen molar-refractivity contribution in [2.75, 3.05) is 59.9 Å². The van der Waals surface area contributed by atoms with Crippen LogP contribution in [0.2, 0.25) is 0 Å². The fourth-order valence-corrected chi connectivity index (χ4v) is 10.8. The molecule has 1 saturated heterocycles. The predicted octanol–water partition coefficient (Wildman–Crippen LogP) is 4.63. The number of aliphatic hydroxyl groups is 1. The molecule has 1 fully saturated rings. The van der Waals surface area contributed by atoms with Gasteiger partial charge in [0.1, 0.15) is 37.4 Å². The SMILES string of the molecule is CCOCC(=O)N[C@H](C(=O)N[C@@H](CCCNC(N)=O)C(=O)Nc1ccc(COC(=O)N(C)[C@H](C(=O)N[C@H](C(=O)N(C)[C@@H](C(C)CC)[C@@H](CC(=O)N2CCC[C@H]2[C@H](OC)[C@@H](C)C(=O)N[C@H](C)[C@@H](O)c2ccccc2)OC)C(C)C)C(C)C)cc1)C(C)C. The van der Waals surface area contributed by atoms with Gasteiger partial charge >= 0.3 is 12.1 Å². The van der Waals surface area contributed by atoms with Crippen molar-refractivity contribution in [1.82, 2.24) is 41.3 Å². The molecule has 1 unspecified atom stereocenters. The Hall–Kier alpha value is -6.89. The number of nitrogens with two attached hydrogens (primary N) is 1. The van der Waals surface area contributed by atoms with Crippen molar-refractivity contribution in [2.24, 2.45) is 35.3 Å². The number of hydrogen-bond acceptors (Lipinski definition) is 14. The average molecular weight is 1210 g/mol. The molecule has 0 radical (unpaired) electrons. The minimum absolute atomic E-state index is 0.0839. The number of carbonyl (C=O) groups is 9. The van der Waals surface area contributed by atoms with Crippen LogP contribution in [0.3, 0.4) is 0 Å². The van der Waals surface area contributed by atoms with E-state index in [2.05, 4.69) is 31.9 Å². The molecule has 0 spiro atoms. The summed E-state index contributed by atoms with van der Waals surface area (Å²) in [6.45, 7) is 20.3. The Kier molecular flexibility index (Phi) is 31.0. The van der Waals surface area contributed by atoms with Gasteiger partial charge in [-0.2, -0.15) is 0 Å². The number of nitrogens with zero attached hydrogens (tertiary/aromatic N) is 3. The maximum atomic E-state index is 14.8. The molecule has 0 aromatic heterocycles. The number of primary amides is 1. The first-order valence-electron chi connectivity index (χ1n) is 30.1. The lowest BCUT2D eigenvalue weighted by molar-refractivity contribution is -0.148. The highest BCUT2D eigenvalue weighted by molar-refractivity contribution is 5.98. The van der Waals surface area contributed by atoms with Crippen LogP contribution in [0.15, 0.2) is 54.6 Å². The minimum atomic E-state index is -1.08. The number of urea groups is 1. The molecule has 24 nitrogen and oxygen atoms in total. The molecular formula is C62H100N10O14. The Morgan fingerprint density at radius 1 is 0.744 bits per heavy atom. The van der Waals surface area contributed by atoms with E-state index in [1.807, 2.05) is 32.0 Å². The normalized spacial score (nSPS) is 17.1. The Bertz CT molecular complexity index is 2500. The first-order valence-corrected chi connectivity index (χ1v) is 30.1. The number of anilines is 1. The quantitative estimate of drug-likeness (QED) is 0.0437. The molecule has 2 aromatic carbocycles. The second kappa shape index (κ2) is 36.3. The van der Waals surface area contributed by atoms with Crippen molar-refractivity contribution < 1.29 is 67.2 Å². The number of benzene rings is 2. The van der Waals surface area contributed by atoms with Crippen LogP contribution in [0.1, 0.15) is 132 Å². The van der Waals surface area contributed by atoms with Crippen molar-refractivity contribution in [3.8, 4) is 0 Å². The van der Waals surface area contributed by atoms with Crippen LogP contribution in [0.25, 0.3) is 0 Å². The van der Waals surface area contributed by atoms with Crippen LogP contribution in [0.4, 0.5) is 15.3 Å². The Labute approximate surface area is 508 Å². The predicted molar refractivity (Wildman–Crippen MR) is 326 cm³/mol. The maximum Gasteiger partial charge on any atom is 0.410 e. The second-order valence-corrected chi connectivity index (χ2v) is 23.4. The fraction of sp³-hybridized carbons (Fsp3) is 0.661. The highest BCUT2D eigenvalue weighted by atomic mass is 16.6. The number of methoxy groups -OCH3 is 2. The second-order valence-electron chi connectivity index (χ2n) is 23.4. The summed E-state index contributed by atoms with van der Waals surface area (Å²) >= 11 is 0. The number of aliphatic hydroxyl groups excluding tert-OH is 1. The number of likely N-dealkylation sites (tertiary alicyclic amines) is 1. The van der Waals surface area contributed by atoms with Crippen LogP contribution < -0.4 is 37.6 Å². The van der Waals surface area contributed by atoms with Crippen LogP contribution >= 0.6 is 0 Å². The summed E-state index contributed by atoms with van der Waals surface area (Å²) in [5, 5.41) is 27.5. The van der Waals surface area contributed by atoms with Gasteiger partial charge in [0.15, 0.2) is 0 Å². The zero-order valence-corrected chi connectivity index (χ0v) is 53.3. The molecule has 10 amide bonds. The van der Waals surface area contributed by atoms with Gasteiger partial charge in [0.25, 0.3) is 0 Å². The molecule has 12 atom stereocenters. The van der Waals surface area contributed by atoms with E-state index in [-0.39, 0.29) is 62.7 Å². The molecular weight excluding hydrogens is 1110 g/mol. The fourth-order valence-electron chi connectivity index (χ4n) is 10.8. The number of hydrogen-bond donors (Lipinski definition) is 8. The van der Waals surface area contributed by atoms with Gasteiger partial charge in [-0.15, -0.1) is 0 Å². The van der Waals surface area contributed by atoms with Crippen LogP contribution in [0.5, 0.6) is 0 Å². The molecule has 1 aliphatic heterocycles. The van der Waals surface area contributed by atoms with Gasteiger partial charge < -0.3 is 71.5 Å². The zero-order valence-electron chi connectivity index (χ0n) is 53.3. The number of amides is 10. The smallest absolute Gasteiger partial charge is 0.410 e. The third-order valence-electron chi connectivity index (χ3n) is 16.0. The lowest BCUT2D eigenvalue weighted by Crippen LogP contribution is -2.60. The van der Waals surface area contributed by atoms with Gasteiger partial charge in [-0.05, 0) is 86.5 Å². The lowest BCUT2D eigenvalue weighted by atomic mass is 9.89. The number of likely N-dealkylation sites (N-methyl/N-ethyl adjacent to an activating group) is 2. The van der Waals surface area contributed by atoms with Crippen LogP contribution in [-0.2, 0) is 59.1 Å². The van der Waals surface area contributed by atoms with E-state index in [0.717, 1.165) is 0 Å². The monoisotopic (exact) mass is 1210 g/mol. The van der Waals surface area contributed by atoms with E-state index < -0.39 is 120 Å². The Balaban J connectivity index is 1.71. The molecule has 86 heavy (non-hydrogen) atoms. The van der Waals surface area contributed by atoms with Crippen molar-refractivity contribution in [3.63, 3.8) is 0 Å². The summed E-state index contributed by atoms with van der Waals surface area (Å²) in [5.41, 5.74) is 6.78. The third-order valence-corrected chi connectivity index (χ3v) is 16.0. The van der Waals surface area contributed by atoms with Crippen molar-refractivity contribution in [1.29, 1.82) is 0 Å². The Morgan fingerprint density at radius 3 is 1.94 bits per heavy atom. The molecule has 1 aliphatic rings. The molecule has 0 aliphatic carbocycles. The molecule has 482 valence electrons. The first kappa shape index (κ1) is 73.4. The van der Waals surface area contributed by atoms with Gasteiger partial charge in [0.2, 0.25) is 41.4 Å². The number of carbonyl (C=O) groups excluding carboxylic acids is 9. The van der Waals surface area contributed by atoms with Gasteiger partial charge in [0, 0.05) is 53.7 Å². The van der Waals surface area contributed by atoms with E-state index in [4.69, 9.17) is 24.7 Å². The summed E-state index contributed by atoms with van der Waals surface area (Å²) in [6, 6.07) is 8.93. The van der Waals surface area contributed by atoms with Crippen molar-refractivity contribution in [3.05, 3.63) is 65.7 Å². The van der Waals surface area contributed by atoms with Gasteiger partial charge in [-0.1, -0.05) is 111 Å². The molecule has 0 bridgehead atoms. The number of rotatable bonds is 35. The molecule has 2 aromatic rings. The molecule has 3 rings (SSSR count). The summed E-state index contributed by atoms with van der Waals surface area (Å²) in [4.78, 5) is 126. The standard InChI is InChI=1S/C62H100N10O14/c1-16-39(9)53(47(83-14)33-49(74)72-32-22-26-46(72)55(84-15)40(10)56(76)65-41(11)54(75)43-23-19-18-20-24-43)70(12)60(80)51(37(5)6)69-59(79)52(38(7)8)71(13)62(82)86-34-42-27-29-44(30-28-42)66-57(77)45(25-21-31-64-61(63)81)67-58(78)50(36(3)4)68-48(73)35-85-17-2/h18-20,23-24,27-30,36-41,45-47,50-55,75H,16-17,21-22,25-26,31-35H2,1-15H3,(H,65,76)(H,66,77)(H,67,78)(H,68,73)(H,69,79)(H3,63,64,81)/t39?,40-,41-,45+,46+,47-,50+,51+,52+,53+,54-,55-/m1/s1. The topological polar surface area (TPSA) is 319 Å². The van der Waals surface area contributed by atoms with Crippen LogP contribution in [0, 0.1) is 29.6 Å². The molecule has 1 heterocycles. The van der Waals surface area contributed by atoms with Crippen molar-refractivity contribution >= 4 is 59.2 Å². The zero-order chi connectivity index (χ0) is 64.5. The van der Waals surface area contributed by atoms with Gasteiger partial charge in [-0.3, -0.25) is 38.5 Å². The van der Waals surface area contributed by atoms with E-state index >= 15 is 0 Å². The van der Waals surface area contributed by atoms with Crippen LogP contribution in [-0.4, -0.2) is 182 Å². The minimum Gasteiger partial charge on any atom is -0.445 e. The van der Waals surface area contributed by atoms with Gasteiger partial charge in [0.05, 0.1) is 48.8 Å². The number of ether oxygens (including phenoxy) is 4. The molecule has 0 saturated carbocycles. The third kappa shape index (κ3) is 21.8. The maximum absolute atomic E-state index is 14.8. The lowest BCUT2D eigenvalue weighted by Gasteiger charge is -2.41. The van der Waals surface area contributed by atoms with E-state index in [0.29, 0.717) is 49.2 Å². The van der Waals surface area contributed by atoms with E-state index in [9.17, 15) is 48.3 Å². The Morgan fingerprint density at radius 2 is 1.38 bits per heavy atom. The largest absolute Gasteiger partial charge is 0.445 e. The molecule has 24 heteroatoms. The van der Waals surface area contributed by atoms with E-state index in [1.54, 1.807) is 116 Å². The van der Waals surface area contributed by atoms with Gasteiger partial charge in [-0.25, -0.2) is 9.59 Å². The number of nitrogens with one attached hydrogen (secondary N) is 6. The van der Waals surface area contributed by atoms with Crippen molar-refractivity contribution in [2.45, 2.75) is 182 Å². The summed E-state index contributed by atoms with van der Waals surface area (Å²) in [6.07, 6.45) is -0.952. The molecule has 9 N–H and O–H groups in total. The summed E-state index contributed by atoms with van der Waals surface area (Å²) < 4.78 is 22.9. The highest BCUT2D eigenvalue weighted by Crippen LogP contribution is 2.30. The summed E-state index contributed by atoms with van der Waals surface area (Å²) in [5.74, 6) is -5.22.